The average molecular weight is 807 g/mol. The molecule has 306 valence electrons. The molecule has 3 aliphatic carbocycles. The fraction of sp³-hybridized carbons (Fsp3) is 0.429. The molecule has 4 heteroatoms. The zero-order chi connectivity index (χ0) is 42.1. The Morgan fingerprint density at radius 3 is 1.53 bits per heavy atom. The van der Waals surface area contributed by atoms with Crippen molar-refractivity contribution in [3.63, 3.8) is 0 Å². The van der Waals surface area contributed by atoms with E-state index in [-0.39, 0.29) is 39.2 Å². The topological polar surface area (TPSA) is 6.48 Å². The molecule has 2 nitrogen and oxygen atoms in total. The number of anilines is 6. The van der Waals surface area contributed by atoms with Gasteiger partial charge in [0.15, 0.2) is 0 Å². The molecule has 0 spiro atoms. The van der Waals surface area contributed by atoms with E-state index < -0.39 is 0 Å². The lowest BCUT2D eigenvalue weighted by Gasteiger charge is -2.47. The zero-order valence-corrected chi connectivity index (χ0v) is 39.1. The summed E-state index contributed by atoms with van der Waals surface area (Å²) in [7, 11) is 0. The molecule has 60 heavy (non-hydrogen) atoms. The van der Waals surface area contributed by atoms with Crippen LogP contribution < -0.4 is 25.5 Å². The molecule has 0 amide bonds. The van der Waals surface area contributed by atoms with E-state index in [9.17, 15) is 0 Å². The largest absolute Gasteiger partial charge is 0.311 e. The first-order valence-corrected chi connectivity index (χ1v) is 23.8. The van der Waals surface area contributed by atoms with Gasteiger partial charge in [0.05, 0.1) is 5.69 Å². The molecule has 0 radical (unpaired) electrons. The normalized spacial score (nSPS) is 21.6. The van der Waals surface area contributed by atoms with E-state index in [2.05, 4.69) is 195 Å². The first kappa shape index (κ1) is 38.6. The Balaban J connectivity index is 1.26. The van der Waals surface area contributed by atoms with Crippen LogP contribution in [0.5, 0.6) is 0 Å². The van der Waals surface area contributed by atoms with Crippen LogP contribution in [0.25, 0.3) is 10.1 Å². The molecule has 2 aliphatic heterocycles. The first-order valence-electron chi connectivity index (χ1n) is 22.9. The molecule has 0 fully saturated rings. The van der Waals surface area contributed by atoms with Crippen molar-refractivity contribution < 1.29 is 0 Å². The predicted molar refractivity (Wildman–Crippen MR) is 262 cm³/mol. The van der Waals surface area contributed by atoms with Gasteiger partial charge in [0.25, 0.3) is 6.71 Å². The molecule has 0 unspecified atom stereocenters. The van der Waals surface area contributed by atoms with Crippen molar-refractivity contribution in [3.8, 4) is 0 Å². The van der Waals surface area contributed by atoms with Crippen LogP contribution in [0.4, 0.5) is 34.1 Å². The Morgan fingerprint density at radius 1 is 0.433 bits per heavy atom. The molecule has 5 aromatic carbocycles. The van der Waals surface area contributed by atoms with E-state index >= 15 is 0 Å². The van der Waals surface area contributed by atoms with Crippen molar-refractivity contribution >= 4 is 78.0 Å². The minimum absolute atomic E-state index is 0.0909. The van der Waals surface area contributed by atoms with Crippen molar-refractivity contribution in [1.29, 1.82) is 0 Å². The van der Waals surface area contributed by atoms with E-state index in [0.717, 1.165) is 0 Å². The van der Waals surface area contributed by atoms with Crippen LogP contribution in [0, 0.1) is 0 Å². The molecule has 0 saturated carbocycles. The summed E-state index contributed by atoms with van der Waals surface area (Å²) in [6.45, 7) is 29.8. The van der Waals surface area contributed by atoms with E-state index in [1.807, 2.05) is 0 Å². The highest BCUT2D eigenvalue weighted by molar-refractivity contribution is 7.33. The standard InChI is InChI=1S/C56H63BN2S/c1-51(2)23-24-52(3,4)38-29-35(21-22-37(38)51)58-44-19-16-20-45-48(44)57(43-31-40-41(32-46(43)58)55(9,10)27-26-54(40,7)8)50-49(59(45)34-17-14-13-15-18-34)36-30-39-42(33-47(36)60-50)56(11,12)28-25-53(39,5)6/h13-22,29-33H,23-28H2,1-12H3. The minimum Gasteiger partial charge on any atom is -0.311 e. The number of nitrogens with zero attached hydrogens (tertiary/aromatic N) is 2. The third-order valence-corrected chi connectivity index (χ3v) is 17.8. The SMILES string of the molecule is CC1(C)CCC(C)(C)c2cc(N3c4cc5c(cc4B4c6sc7cc8c(cc7c6N(c6ccccc6)c6cccc3c64)C(C)(C)CCC8(C)C)C(C)(C)CCC5(C)C)ccc21. The molecule has 0 bridgehead atoms. The second-order valence-electron chi connectivity index (χ2n) is 23.3. The monoisotopic (exact) mass is 806 g/mol. The Bertz CT molecular complexity index is 2800. The van der Waals surface area contributed by atoms with E-state index in [0.29, 0.717) is 0 Å². The molecule has 0 saturated heterocycles. The quantitative estimate of drug-likeness (QED) is 0.161. The van der Waals surface area contributed by atoms with E-state index in [1.54, 1.807) is 11.1 Å². The summed E-state index contributed by atoms with van der Waals surface area (Å²) in [5.74, 6) is 0. The van der Waals surface area contributed by atoms with Crippen LogP contribution >= 0.6 is 11.3 Å². The summed E-state index contributed by atoms with van der Waals surface area (Å²) < 4.78 is 2.90. The second-order valence-corrected chi connectivity index (χ2v) is 24.4. The highest BCUT2D eigenvalue weighted by atomic mass is 32.1. The fourth-order valence-corrected chi connectivity index (χ4v) is 13.7. The maximum atomic E-state index is 2.71. The zero-order valence-electron chi connectivity index (χ0n) is 38.3. The average Bonchev–Trinajstić information content (AvgIpc) is 3.58. The van der Waals surface area contributed by atoms with Gasteiger partial charge < -0.3 is 9.80 Å². The van der Waals surface area contributed by atoms with Gasteiger partial charge in [-0.3, -0.25) is 0 Å². The number of benzene rings is 5. The molecule has 0 N–H and O–H groups in total. The number of hydrogen-bond donors (Lipinski definition) is 0. The van der Waals surface area contributed by atoms with Gasteiger partial charge in [0, 0.05) is 43.3 Å². The molecular formula is C56H63BN2S. The summed E-state index contributed by atoms with van der Waals surface area (Å²) in [6.07, 6.45) is 7.24. The van der Waals surface area contributed by atoms with Crippen molar-refractivity contribution in [1.82, 2.24) is 0 Å². The molecular weight excluding hydrogens is 744 g/mol. The molecule has 1 aromatic heterocycles. The molecule has 3 heterocycles. The van der Waals surface area contributed by atoms with Gasteiger partial charge in [-0.05, 0) is 170 Å². The van der Waals surface area contributed by atoms with Crippen LogP contribution in [0.2, 0.25) is 0 Å². The third kappa shape index (κ3) is 5.31. The summed E-state index contributed by atoms with van der Waals surface area (Å²) >= 11 is 2.07. The first-order chi connectivity index (χ1) is 28.2. The molecule has 6 aromatic rings. The highest BCUT2D eigenvalue weighted by Crippen LogP contribution is 2.55. The second kappa shape index (κ2) is 12.2. The van der Waals surface area contributed by atoms with E-state index in [1.165, 1.54) is 121 Å². The lowest BCUT2D eigenvalue weighted by molar-refractivity contribution is 0.332. The van der Waals surface area contributed by atoms with Gasteiger partial charge in [-0.15, -0.1) is 11.3 Å². The van der Waals surface area contributed by atoms with Crippen LogP contribution in [0.1, 0.15) is 155 Å². The van der Waals surface area contributed by atoms with Crippen LogP contribution in [0.15, 0.2) is 91.0 Å². The van der Waals surface area contributed by atoms with Gasteiger partial charge in [-0.2, -0.15) is 0 Å². The minimum atomic E-state index is 0.0909. The van der Waals surface area contributed by atoms with Gasteiger partial charge in [-0.25, -0.2) is 0 Å². The maximum absolute atomic E-state index is 2.71. The van der Waals surface area contributed by atoms with Crippen molar-refractivity contribution in [3.05, 3.63) is 124 Å². The lowest BCUT2D eigenvalue weighted by Crippen LogP contribution is -2.61. The van der Waals surface area contributed by atoms with Gasteiger partial charge in [-0.1, -0.05) is 119 Å². The summed E-state index contributed by atoms with van der Waals surface area (Å²) in [6, 6.07) is 36.6. The predicted octanol–water partition coefficient (Wildman–Crippen LogP) is 14.0. The maximum Gasteiger partial charge on any atom is 0.264 e. The Morgan fingerprint density at radius 2 is 0.933 bits per heavy atom. The lowest BCUT2D eigenvalue weighted by atomic mass is 9.35. The Kier molecular flexibility index (Phi) is 7.86. The van der Waals surface area contributed by atoms with Crippen molar-refractivity contribution in [2.45, 2.75) is 154 Å². The smallest absolute Gasteiger partial charge is 0.264 e. The Labute approximate surface area is 364 Å². The van der Waals surface area contributed by atoms with Gasteiger partial charge >= 0.3 is 0 Å². The fourth-order valence-electron chi connectivity index (χ4n) is 12.4. The molecule has 11 rings (SSSR count). The number of rotatable bonds is 2. The van der Waals surface area contributed by atoms with Crippen LogP contribution in [0.3, 0.4) is 0 Å². The number of para-hydroxylation sites is 1. The van der Waals surface area contributed by atoms with E-state index in [4.69, 9.17) is 0 Å². The van der Waals surface area contributed by atoms with Crippen LogP contribution in [-0.4, -0.2) is 6.71 Å². The van der Waals surface area contributed by atoms with Crippen LogP contribution in [-0.2, 0) is 32.5 Å². The summed E-state index contributed by atoms with van der Waals surface area (Å²) in [4.78, 5) is 5.33. The summed E-state index contributed by atoms with van der Waals surface area (Å²) in [5, 5.41) is 1.40. The van der Waals surface area contributed by atoms with Crippen molar-refractivity contribution in [2.24, 2.45) is 0 Å². The molecule has 5 aliphatic rings. The van der Waals surface area contributed by atoms with Crippen molar-refractivity contribution in [2.75, 3.05) is 9.80 Å². The number of thiophene rings is 1. The molecule has 0 atom stereocenters. The highest BCUT2D eigenvalue weighted by Gasteiger charge is 2.49. The Hall–Kier alpha value is -4.28. The number of hydrogen-bond acceptors (Lipinski definition) is 3. The number of fused-ring (bicyclic) bond motifs is 9. The van der Waals surface area contributed by atoms with Gasteiger partial charge in [0.2, 0.25) is 0 Å². The third-order valence-electron chi connectivity index (χ3n) is 16.6. The summed E-state index contributed by atoms with van der Waals surface area (Å²) in [5.41, 5.74) is 20.7. The van der Waals surface area contributed by atoms with Gasteiger partial charge in [0.1, 0.15) is 0 Å².